The van der Waals surface area contributed by atoms with Crippen molar-refractivity contribution in [3.8, 4) is 0 Å². The largest absolute Gasteiger partial charge is 0.300 e. The smallest absolute Gasteiger partial charge is 0.133 e. The van der Waals surface area contributed by atoms with Crippen molar-refractivity contribution in [2.45, 2.75) is 59.3 Å². The number of rotatable bonds is 0. The minimum absolute atomic E-state index is 0.330. The minimum Gasteiger partial charge on any atom is -0.300 e. The Labute approximate surface area is 87.3 Å². The van der Waals surface area contributed by atoms with Crippen molar-refractivity contribution in [3.63, 3.8) is 0 Å². The first-order valence-corrected chi connectivity index (χ1v) is 5.96. The SMILES string of the molecule is CC1(C)CCC[C@]2(C)CC(=O)CC[C@@H]12. The molecule has 2 aliphatic carbocycles. The summed E-state index contributed by atoms with van der Waals surface area (Å²) in [6.07, 6.45) is 6.76. The summed E-state index contributed by atoms with van der Waals surface area (Å²) >= 11 is 0. The molecule has 0 aliphatic heterocycles. The van der Waals surface area contributed by atoms with Crippen molar-refractivity contribution >= 4 is 5.78 Å². The van der Waals surface area contributed by atoms with Crippen molar-refractivity contribution in [1.29, 1.82) is 0 Å². The predicted molar refractivity (Wildman–Crippen MR) is 58.1 cm³/mol. The first-order valence-electron chi connectivity index (χ1n) is 5.96. The second-order valence-electron chi connectivity index (χ2n) is 6.30. The van der Waals surface area contributed by atoms with Crippen LogP contribution < -0.4 is 0 Å². The maximum absolute atomic E-state index is 11.5. The average Bonchev–Trinajstić information content (AvgIpc) is 2.00. The van der Waals surface area contributed by atoms with Crippen molar-refractivity contribution in [3.05, 3.63) is 0 Å². The maximum Gasteiger partial charge on any atom is 0.133 e. The van der Waals surface area contributed by atoms with Gasteiger partial charge in [-0.05, 0) is 36.0 Å². The van der Waals surface area contributed by atoms with Crippen LogP contribution in [0.1, 0.15) is 59.3 Å². The van der Waals surface area contributed by atoms with Crippen LogP contribution in [0.15, 0.2) is 0 Å². The third kappa shape index (κ3) is 1.51. The topological polar surface area (TPSA) is 17.1 Å². The van der Waals surface area contributed by atoms with Gasteiger partial charge in [-0.25, -0.2) is 0 Å². The van der Waals surface area contributed by atoms with Gasteiger partial charge in [0.15, 0.2) is 0 Å². The first-order chi connectivity index (χ1) is 6.44. The predicted octanol–water partition coefficient (Wildman–Crippen LogP) is 3.57. The molecule has 0 aromatic heterocycles. The lowest BCUT2D eigenvalue weighted by atomic mass is 9.51. The first kappa shape index (κ1) is 10.2. The Morgan fingerprint density at radius 2 is 1.93 bits per heavy atom. The van der Waals surface area contributed by atoms with E-state index in [4.69, 9.17) is 0 Å². The summed E-state index contributed by atoms with van der Waals surface area (Å²) in [6.45, 7) is 7.13. The summed E-state index contributed by atoms with van der Waals surface area (Å²) in [5.74, 6) is 1.28. The minimum atomic E-state index is 0.330. The van der Waals surface area contributed by atoms with Gasteiger partial charge in [0.05, 0.1) is 0 Å². The van der Waals surface area contributed by atoms with Crippen molar-refractivity contribution in [2.75, 3.05) is 0 Å². The highest BCUT2D eigenvalue weighted by Gasteiger charge is 2.48. The zero-order valence-electron chi connectivity index (χ0n) is 9.73. The molecule has 2 atom stereocenters. The molecule has 0 aromatic carbocycles. The van der Waals surface area contributed by atoms with E-state index in [0.29, 0.717) is 16.6 Å². The fraction of sp³-hybridized carbons (Fsp3) is 0.923. The molecule has 0 amide bonds. The standard InChI is InChI=1S/C13H22O/c1-12(2)7-4-8-13(3)9-10(14)5-6-11(12)13/h11H,4-9H2,1-3H3/t11-,13+/m0/s1. The molecule has 0 radical (unpaired) electrons. The van der Waals surface area contributed by atoms with Gasteiger partial charge in [-0.1, -0.05) is 27.2 Å². The quantitative estimate of drug-likeness (QED) is 0.576. The molecule has 14 heavy (non-hydrogen) atoms. The van der Waals surface area contributed by atoms with Gasteiger partial charge in [-0.3, -0.25) is 4.79 Å². The van der Waals surface area contributed by atoms with Gasteiger partial charge < -0.3 is 0 Å². The molecule has 0 heterocycles. The normalized spacial score (nSPS) is 41.9. The van der Waals surface area contributed by atoms with E-state index in [1.165, 1.54) is 19.3 Å². The third-order valence-corrected chi connectivity index (χ3v) is 4.67. The molecule has 0 N–H and O–H groups in total. The lowest BCUT2D eigenvalue weighted by Crippen LogP contribution is -2.46. The van der Waals surface area contributed by atoms with Crippen molar-refractivity contribution in [1.82, 2.24) is 0 Å². The monoisotopic (exact) mass is 194 g/mol. The third-order valence-electron chi connectivity index (χ3n) is 4.67. The second kappa shape index (κ2) is 3.08. The van der Waals surface area contributed by atoms with Crippen molar-refractivity contribution in [2.24, 2.45) is 16.7 Å². The highest BCUT2D eigenvalue weighted by Crippen LogP contribution is 2.56. The van der Waals surface area contributed by atoms with E-state index >= 15 is 0 Å². The lowest BCUT2D eigenvalue weighted by Gasteiger charge is -2.53. The fourth-order valence-electron chi connectivity index (χ4n) is 4.03. The molecule has 0 unspecified atom stereocenters. The molecule has 0 spiro atoms. The van der Waals surface area contributed by atoms with Crippen LogP contribution >= 0.6 is 0 Å². The Morgan fingerprint density at radius 3 is 2.64 bits per heavy atom. The second-order valence-corrected chi connectivity index (χ2v) is 6.30. The van der Waals surface area contributed by atoms with E-state index in [0.717, 1.165) is 25.2 Å². The van der Waals surface area contributed by atoms with Gasteiger partial charge in [-0.2, -0.15) is 0 Å². The van der Waals surface area contributed by atoms with Crippen molar-refractivity contribution < 1.29 is 4.79 Å². The van der Waals surface area contributed by atoms with Crippen LogP contribution in [0.5, 0.6) is 0 Å². The molecular formula is C13H22O. The number of carbonyl (C=O) groups is 1. The van der Waals surface area contributed by atoms with E-state index in [-0.39, 0.29) is 0 Å². The lowest BCUT2D eigenvalue weighted by molar-refractivity contribution is -0.131. The van der Waals surface area contributed by atoms with E-state index < -0.39 is 0 Å². The number of carbonyl (C=O) groups excluding carboxylic acids is 1. The molecule has 1 heteroatoms. The maximum atomic E-state index is 11.5. The molecule has 0 bridgehead atoms. The van der Waals surface area contributed by atoms with E-state index in [1.54, 1.807) is 0 Å². The van der Waals surface area contributed by atoms with E-state index in [9.17, 15) is 4.79 Å². The summed E-state index contributed by atoms with van der Waals surface area (Å²) in [5, 5.41) is 0. The van der Waals surface area contributed by atoms with Crippen LogP contribution in [-0.2, 0) is 4.79 Å². The van der Waals surface area contributed by atoms with E-state index in [2.05, 4.69) is 20.8 Å². The summed E-state index contributed by atoms with van der Waals surface area (Å²) in [4.78, 5) is 11.5. The van der Waals surface area contributed by atoms with Gasteiger partial charge in [0, 0.05) is 12.8 Å². The van der Waals surface area contributed by atoms with Gasteiger partial charge in [0.25, 0.3) is 0 Å². The number of fused-ring (bicyclic) bond motifs is 1. The Morgan fingerprint density at radius 1 is 1.21 bits per heavy atom. The van der Waals surface area contributed by atoms with Gasteiger partial charge >= 0.3 is 0 Å². The van der Waals surface area contributed by atoms with Crippen LogP contribution in [-0.4, -0.2) is 5.78 Å². The molecule has 80 valence electrons. The van der Waals surface area contributed by atoms with Crippen LogP contribution in [0, 0.1) is 16.7 Å². The Hall–Kier alpha value is -0.330. The summed E-state index contributed by atoms with van der Waals surface area (Å²) in [5.41, 5.74) is 0.796. The number of Topliss-reactive ketones (excluding diaryl/α,β-unsaturated/α-hetero) is 1. The van der Waals surface area contributed by atoms with Gasteiger partial charge in [-0.15, -0.1) is 0 Å². The Kier molecular flexibility index (Phi) is 2.24. The van der Waals surface area contributed by atoms with Crippen LogP contribution in [0.2, 0.25) is 0 Å². The summed E-state index contributed by atoms with van der Waals surface area (Å²) < 4.78 is 0. The molecule has 2 aliphatic rings. The average molecular weight is 194 g/mol. The molecule has 2 saturated carbocycles. The van der Waals surface area contributed by atoms with Gasteiger partial charge in [0.2, 0.25) is 0 Å². The Bertz CT molecular complexity index is 254. The summed E-state index contributed by atoms with van der Waals surface area (Å²) in [6, 6.07) is 0. The molecule has 1 nitrogen and oxygen atoms in total. The highest BCUT2D eigenvalue weighted by molar-refractivity contribution is 5.80. The summed E-state index contributed by atoms with van der Waals surface area (Å²) in [7, 11) is 0. The van der Waals surface area contributed by atoms with Gasteiger partial charge in [0.1, 0.15) is 5.78 Å². The fourth-order valence-corrected chi connectivity index (χ4v) is 4.03. The number of hydrogen-bond acceptors (Lipinski definition) is 1. The molecule has 2 rings (SSSR count). The zero-order valence-corrected chi connectivity index (χ0v) is 9.73. The highest BCUT2D eigenvalue weighted by atomic mass is 16.1. The molecular weight excluding hydrogens is 172 g/mol. The Balaban J connectivity index is 2.25. The molecule has 0 saturated heterocycles. The van der Waals surface area contributed by atoms with Crippen LogP contribution in [0.4, 0.5) is 0 Å². The number of ketones is 1. The van der Waals surface area contributed by atoms with Crippen LogP contribution in [0.25, 0.3) is 0 Å². The van der Waals surface area contributed by atoms with Crippen LogP contribution in [0.3, 0.4) is 0 Å². The molecule has 0 aromatic rings. The van der Waals surface area contributed by atoms with E-state index in [1.807, 2.05) is 0 Å². The zero-order chi connectivity index (χ0) is 10.4. The molecule has 2 fully saturated rings. The number of hydrogen-bond donors (Lipinski definition) is 0.